The lowest BCUT2D eigenvalue weighted by atomic mass is 10.7. The second kappa shape index (κ2) is 4.41. The van der Waals surface area contributed by atoms with Crippen LogP contribution in [0, 0.1) is 0 Å². The van der Waals surface area contributed by atoms with Crippen LogP contribution in [0.25, 0.3) is 0 Å². The lowest BCUT2D eigenvalue weighted by Crippen LogP contribution is -2.09. The maximum Gasteiger partial charge on any atom is 0.427 e. The minimum absolute atomic E-state index is 0.603. The second-order valence-electron chi connectivity index (χ2n) is 1.62. The van der Waals surface area contributed by atoms with Crippen molar-refractivity contribution in [2.24, 2.45) is 0 Å². The molecule has 0 spiro atoms. The minimum atomic E-state index is -5.16. The molecule has 0 saturated heterocycles. The molecular weight excluding hydrogens is 181 g/mol. The van der Waals surface area contributed by atoms with Gasteiger partial charge >= 0.3 is 13.7 Å². The molecule has 0 aliphatic heterocycles. The Morgan fingerprint density at radius 3 is 2.45 bits per heavy atom. The number of esters is 1. The monoisotopic (exact) mass is 188 g/mol. The van der Waals surface area contributed by atoms with E-state index in [0.29, 0.717) is 0 Å². The molecule has 0 aliphatic carbocycles. The molecule has 0 radical (unpaired) electrons. The van der Waals surface area contributed by atoms with Crippen molar-refractivity contribution >= 4 is 13.7 Å². The number of carbonyl (C=O) groups excluding carboxylic acids is 1. The van der Waals surface area contributed by atoms with Crippen molar-refractivity contribution in [3.8, 4) is 0 Å². The summed E-state index contributed by atoms with van der Waals surface area (Å²) in [7, 11) is -4.07. The Hall–Kier alpha value is -0.480. The van der Waals surface area contributed by atoms with E-state index in [-0.39, 0.29) is 0 Å². The zero-order valence-corrected chi connectivity index (χ0v) is 6.64. The van der Waals surface area contributed by atoms with Crippen LogP contribution < -0.4 is 0 Å². The SMILES string of the molecule is COC(=O)COCP(=O)(F)F. The normalized spacial score (nSPS) is 11.2. The summed E-state index contributed by atoms with van der Waals surface area (Å²) in [5.74, 6) is -0.779. The number of carbonyl (C=O) groups is 1. The first-order valence-corrected chi connectivity index (χ1v) is 4.26. The van der Waals surface area contributed by atoms with Gasteiger partial charge in [-0.25, -0.2) is 9.36 Å². The maximum atomic E-state index is 11.6. The van der Waals surface area contributed by atoms with Crippen molar-refractivity contribution in [3.05, 3.63) is 0 Å². The molecule has 0 heterocycles. The third-order valence-corrected chi connectivity index (χ3v) is 1.17. The van der Waals surface area contributed by atoms with Crippen LogP contribution in [-0.2, 0) is 18.8 Å². The van der Waals surface area contributed by atoms with Crippen LogP contribution in [0.4, 0.5) is 8.39 Å². The summed E-state index contributed by atoms with van der Waals surface area (Å²) in [4.78, 5) is 10.2. The summed E-state index contributed by atoms with van der Waals surface area (Å²) in [6, 6.07) is 0. The molecule has 4 nitrogen and oxygen atoms in total. The number of rotatable bonds is 4. The quantitative estimate of drug-likeness (QED) is 0.492. The summed E-state index contributed by atoms with van der Waals surface area (Å²) in [6.45, 7) is -0.603. The standard InChI is InChI=1S/C4H7F2O4P/c1-9-4(7)2-10-3-11(5,6)8/h2-3H2,1H3. The number of ether oxygens (including phenoxy) is 2. The molecule has 0 aliphatic rings. The highest BCUT2D eigenvalue weighted by atomic mass is 31.2. The van der Waals surface area contributed by atoms with Crippen LogP contribution in [0.15, 0.2) is 0 Å². The smallest absolute Gasteiger partial charge is 0.427 e. The molecule has 0 aromatic carbocycles. The Morgan fingerprint density at radius 1 is 1.55 bits per heavy atom. The first kappa shape index (κ1) is 10.5. The lowest BCUT2D eigenvalue weighted by molar-refractivity contribution is -0.145. The molecule has 0 N–H and O–H groups in total. The highest BCUT2D eigenvalue weighted by Crippen LogP contribution is 2.48. The van der Waals surface area contributed by atoms with Gasteiger partial charge in [-0.1, -0.05) is 0 Å². The fourth-order valence-corrected chi connectivity index (χ4v) is 0.598. The molecule has 0 unspecified atom stereocenters. The number of methoxy groups -OCH3 is 1. The number of hydrogen-bond donors (Lipinski definition) is 0. The fraction of sp³-hybridized carbons (Fsp3) is 0.750. The first-order valence-electron chi connectivity index (χ1n) is 2.58. The molecule has 11 heavy (non-hydrogen) atoms. The third kappa shape index (κ3) is 7.42. The Bertz CT molecular complexity index is 177. The van der Waals surface area contributed by atoms with Crippen LogP contribution >= 0.6 is 7.76 Å². The number of halogens is 2. The molecule has 0 atom stereocenters. The van der Waals surface area contributed by atoms with Crippen molar-refractivity contribution < 1.29 is 27.2 Å². The molecule has 0 fully saturated rings. The zero-order chi connectivity index (χ0) is 8.91. The average Bonchev–Trinajstić information content (AvgIpc) is 1.85. The van der Waals surface area contributed by atoms with Gasteiger partial charge in [-0.3, -0.25) is 0 Å². The van der Waals surface area contributed by atoms with Gasteiger partial charge in [-0.05, 0) is 0 Å². The first-order chi connectivity index (χ1) is 4.95. The molecule has 0 aromatic rings. The summed E-state index contributed by atoms with van der Waals surface area (Å²) < 4.78 is 40.9. The number of hydrogen-bond acceptors (Lipinski definition) is 4. The molecule has 66 valence electrons. The van der Waals surface area contributed by atoms with Crippen molar-refractivity contribution in [2.75, 3.05) is 20.1 Å². The summed E-state index contributed by atoms with van der Waals surface area (Å²) >= 11 is 0. The molecule has 0 rings (SSSR count). The van der Waals surface area contributed by atoms with Crippen molar-refractivity contribution in [3.63, 3.8) is 0 Å². The van der Waals surface area contributed by atoms with Crippen molar-refractivity contribution in [2.45, 2.75) is 0 Å². The van der Waals surface area contributed by atoms with Crippen LogP contribution in [0.2, 0.25) is 0 Å². The van der Waals surface area contributed by atoms with Gasteiger partial charge in [0.15, 0.2) is 6.35 Å². The predicted molar refractivity (Wildman–Crippen MR) is 32.7 cm³/mol. The van der Waals surface area contributed by atoms with E-state index in [0.717, 1.165) is 7.11 Å². The predicted octanol–water partition coefficient (Wildman–Crippen LogP) is 1.27. The molecule has 0 saturated carbocycles. The molecule has 7 heteroatoms. The second-order valence-corrected chi connectivity index (χ2v) is 3.02. The van der Waals surface area contributed by atoms with Gasteiger partial charge in [0.2, 0.25) is 0 Å². The molecule has 0 bridgehead atoms. The van der Waals surface area contributed by atoms with Crippen LogP contribution in [0.3, 0.4) is 0 Å². The topological polar surface area (TPSA) is 52.6 Å². The van der Waals surface area contributed by atoms with Gasteiger partial charge < -0.3 is 9.47 Å². The fourth-order valence-electron chi connectivity index (χ4n) is 0.294. The van der Waals surface area contributed by atoms with E-state index in [1.807, 2.05) is 0 Å². The van der Waals surface area contributed by atoms with E-state index < -0.39 is 26.7 Å². The largest absolute Gasteiger partial charge is 0.467 e. The highest BCUT2D eigenvalue weighted by molar-refractivity contribution is 7.52. The lowest BCUT2D eigenvalue weighted by Gasteiger charge is -2.00. The van der Waals surface area contributed by atoms with E-state index >= 15 is 0 Å². The van der Waals surface area contributed by atoms with E-state index in [4.69, 9.17) is 0 Å². The van der Waals surface area contributed by atoms with Gasteiger partial charge in [-0.15, -0.1) is 0 Å². The van der Waals surface area contributed by atoms with Crippen LogP contribution in [-0.4, -0.2) is 26.0 Å². The molecule has 0 amide bonds. The van der Waals surface area contributed by atoms with Gasteiger partial charge in [0.25, 0.3) is 0 Å². The van der Waals surface area contributed by atoms with E-state index in [2.05, 4.69) is 9.47 Å². The zero-order valence-electron chi connectivity index (χ0n) is 5.75. The summed E-state index contributed by atoms with van der Waals surface area (Å²) in [6.07, 6.45) is -1.21. The van der Waals surface area contributed by atoms with Crippen LogP contribution in [0.1, 0.15) is 0 Å². The maximum absolute atomic E-state index is 11.6. The van der Waals surface area contributed by atoms with E-state index in [1.54, 1.807) is 0 Å². The third-order valence-electron chi connectivity index (χ3n) is 0.689. The van der Waals surface area contributed by atoms with Gasteiger partial charge in [0.05, 0.1) is 7.11 Å². The van der Waals surface area contributed by atoms with Crippen LogP contribution in [0.5, 0.6) is 0 Å². The Balaban J connectivity index is 3.43. The average molecular weight is 188 g/mol. The van der Waals surface area contributed by atoms with Gasteiger partial charge in [-0.2, -0.15) is 8.39 Å². The van der Waals surface area contributed by atoms with Gasteiger partial charge in [0, 0.05) is 0 Å². The summed E-state index contributed by atoms with van der Waals surface area (Å²) in [5, 5.41) is 0. The van der Waals surface area contributed by atoms with E-state index in [1.165, 1.54) is 0 Å². The minimum Gasteiger partial charge on any atom is -0.467 e. The Morgan fingerprint density at radius 2 is 2.09 bits per heavy atom. The Kier molecular flexibility index (Phi) is 4.22. The van der Waals surface area contributed by atoms with Crippen molar-refractivity contribution in [1.82, 2.24) is 0 Å². The summed E-state index contributed by atoms with van der Waals surface area (Å²) in [5.41, 5.74) is 0. The Labute approximate surface area is 62.1 Å². The van der Waals surface area contributed by atoms with Crippen molar-refractivity contribution in [1.29, 1.82) is 0 Å². The van der Waals surface area contributed by atoms with E-state index in [9.17, 15) is 17.8 Å². The molecular formula is C4H7F2O4P. The molecule has 0 aromatic heterocycles. The van der Waals surface area contributed by atoms with Gasteiger partial charge in [0.1, 0.15) is 6.61 Å². The highest BCUT2D eigenvalue weighted by Gasteiger charge is 2.19.